The summed E-state index contributed by atoms with van der Waals surface area (Å²) in [7, 11) is -2.75. The first kappa shape index (κ1) is 8.91. The molecule has 0 bridgehead atoms. The summed E-state index contributed by atoms with van der Waals surface area (Å²) in [5.41, 5.74) is 5.16. The number of sulfone groups is 1. The van der Waals surface area contributed by atoms with E-state index in [1.807, 2.05) is 0 Å². The van der Waals surface area contributed by atoms with E-state index in [4.69, 9.17) is 5.73 Å². The van der Waals surface area contributed by atoms with Gasteiger partial charge in [0.15, 0.2) is 0 Å². The van der Waals surface area contributed by atoms with Gasteiger partial charge in [-0.05, 0) is 19.4 Å². The van der Waals surface area contributed by atoms with Crippen molar-refractivity contribution in [1.29, 1.82) is 0 Å². The lowest BCUT2D eigenvalue weighted by Crippen LogP contribution is -2.06. The van der Waals surface area contributed by atoms with E-state index in [1.165, 1.54) is 6.26 Å². The van der Waals surface area contributed by atoms with Gasteiger partial charge in [0.1, 0.15) is 9.84 Å². The maximum Gasteiger partial charge on any atom is 0.147 e. The summed E-state index contributed by atoms with van der Waals surface area (Å²) in [5.74, 6) is 0.268. The highest BCUT2D eigenvalue weighted by atomic mass is 32.2. The molecule has 0 unspecified atom stereocenters. The van der Waals surface area contributed by atoms with Gasteiger partial charge in [-0.15, -0.1) is 0 Å². The van der Waals surface area contributed by atoms with Crippen LogP contribution in [0, 0.1) is 0 Å². The van der Waals surface area contributed by atoms with Crippen LogP contribution < -0.4 is 5.73 Å². The number of unbranched alkanes of at least 4 members (excludes halogenated alkanes) is 1. The van der Waals surface area contributed by atoms with Crippen LogP contribution in [0.4, 0.5) is 0 Å². The van der Waals surface area contributed by atoms with E-state index in [1.54, 1.807) is 0 Å². The molecule has 4 heteroatoms. The Bertz CT molecular complexity index is 150. The second kappa shape index (κ2) is 3.85. The van der Waals surface area contributed by atoms with E-state index in [2.05, 4.69) is 0 Å². The van der Waals surface area contributed by atoms with E-state index >= 15 is 0 Å². The topological polar surface area (TPSA) is 60.2 Å². The van der Waals surface area contributed by atoms with Gasteiger partial charge in [-0.25, -0.2) is 8.42 Å². The molecule has 0 rings (SSSR count). The van der Waals surface area contributed by atoms with Gasteiger partial charge in [0, 0.05) is 12.0 Å². The number of hydrogen-bond acceptors (Lipinski definition) is 3. The smallest absolute Gasteiger partial charge is 0.147 e. The summed E-state index contributed by atoms with van der Waals surface area (Å²) < 4.78 is 20.9. The summed E-state index contributed by atoms with van der Waals surface area (Å²) in [6, 6.07) is 0. The van der Waals surface area contributed by atoms with E-state index < -0.39 is 9.84 Å². The van der Waals surface area contributed by atoms with Gasteiger partial charge >= 0.3 is 0 Å². The minimum absolute atomic E-state index is 0.268. The van der Waals surface area contributed by atoms with Gasteiger partial charge in [0.25, 0.3) is 0 Å². The molecule has 0 amide bonds. The van der Waals surface area contributed by atoms with Crippen LogP contribution in [0.2, 0.25) is 0 Å². The molecule has 9 heavy (non-hydrogen) atoms. The van der Waals surface area contributed by atoms with E-state index in [-0.39, 0.29) is 5.75 Å². The summed E-state index contributed by atoms with van der Waals surface area (Å²) in [5, 5.41) is 0. The minimum atomic E-state index is -2.75. The zero-order valence-corrected chi connectivity index (χ0v) is 6.45. The van der Waals surface area contributed by atoms with Crippen LogP contribution in [0.25, 0.3) is 0 Å². The minimum Gasteiger partial charge on any atom is -0.330 e. The first-order valence-corrected chi connectivity index (χ1v) is 5.00. The van der Waals surface area contributed by atoms with Crippen LogP contribution in [0.15, 0.2) is 0 Å². The molecule has 56 valence electrons. The quantitative estimate of drug-likeness (QED) is 0.565. The van der Waals surface area contributed by atoms with Crippen LogP contribution in [-0.2, 0) is 9.84 Å². The third-order valence-electron chi connectivity index (χ3n) is 0.969. The Balaban J connectivity index is 3.30. The molecule has 2 N–H and O–H groups in total. The van der Waals surface area contributed by atoms with Crippen molar-refractivity contribution in [3.8, 4) is 0 Å². The lowest BCUT2D eigenvalue weighted by atomic mass is 10.3. The second-order valence-electron chi connectivity index (χ2n) is 2.13. The Hall–Kier alpha value is -0.0900. The van der Waals surface area contributed by atoms with Gasteiger partial charge in [-0.2, -0.15) is 0 Å². The molecule has 0 heterocycles. The van der Waals surface area contributed by atoms with Gasteiger partial charge in [-0.3, -0.25) is 0 Å². The molecular formula is C5H13NO2S. The fourth-order valence-electron chi connectivity index (χ4n) is 0.509. The molecule has 0 aromatic rings. The monoisotopic (exact) mass is 151 g/mol. The second-order valence-corrected chi connectivity index (χ2v) is 4.39. The number of rotatable bonds is 4. The Labute approximate surface area is 56.2 Å². The van der Waals surface area contributed by atoms with Crippen molar-refractivity contribution in [1.82, 2.24) is 0 Å². The van der Waals surface area contributed by atoms with E-state index in [9.17, 15) is 8.42 Å². The molecule has 0 atom stereocenters. The Kier molecular flexibility index (Phi) is 3.81. The van der Waals surface area contributed by atoms with Crippen molar-refractivity contribution in [3.05, 3.63) is 0 Å². The molecule has 0 saturated heterocycles. The van der Waals surface area contributed by atoms with Crippen LogP contribution in [0.3, 0.4) is 0 Å². The zero-order chi connectivity index (χ0) is 7.33. The highest BCUT2D eigenvalue weighted by Crippen LogP contribution is 1.91. The highest BCUT2D eigenvalue weighted by molar-refractivity contribution is 7.90. The number of nitrogens with two attached hydrogens (primary N) is 1. The Morgan fingerprint density at radius 3 is 2.22 bits per heavy atom. The van der Waals surface area contributed by atoms with Gasteiger partial charge in [0.2, 0.25) is 0 Å². The highest BCUT2D eigenvalue weighted by Gasteiger charge is 1.98. The van der Waals surface area contributed by atoms with Crippen molar-refractivity contribution in [2.24, 2.45) is 5.73 Å². The molecule has 0 fully saturated rings. The van der Waals surface area contributed by atoms with Crippen molar-refractivity contribution >= 4 is 9.84 Å². The Morgan fingerprint density at radius 1 is 1.33 bits per heavy atom. The normalized spacial score (nSPS) is 11.8. The fraction of sp³-hybridized carbons (Fsp3) is 1.00. The third kappa shape index (κ3) is 7.91. The molecule has 0 aliphatic heterocycles. The molecule has 3 nitrogen and oxygen atoms in total. The molecule has 0 spiro atoms. The van der Waals surface area contributed by atoms with Crippen LogP contribution in [-0.4, -0.2) is 27.0 Å². The van der Waals surface area contributed by atoms with Gasteiger partial charge < -0.3 is 5.73 Å². The lowest BCUT2D eigenvalue weighted by Gasteiger charge is -1.94. The first-order valence-electron chi connectivity index (χ1n) is 2.94. The average Bonchev–Trinajstić information content (AvgIpc) is 1.63. The van der Waals surface area contributed by atoms with Crippen LogP contribution in [0.1, 0.15) is 12.8 Å². The molecule has 0 aromatic carbocycles. The van der Waals surface area contributed by atoms with E-state index in [0.717, 1.165) is 6.42 Å². The summed E-state index contributed by atoms with van der Waals surface area (Å²) in [6.45, 7) is 0.579. The maximum atomic E-state index is 10.5. The third-order valence-corrected chi connectivity index (χ3v) is 2.00. The largest absolute Gasteiger partial charge is 0.330 e. The van der Waals surface area contributed by atoms with Crippen molar-refractivity contribution in [3.63, 3.8) is 0 Å². The molecule has 0 saturated carbocycles. The van der Waals surface area contributed by atoms with Crippen LogP contribution >= 0.6 is 0 Å². The maximum absolute atomic E-state index is 10.5. The predicted octanol–water partition coefficient (Wildman–Crippen LogP) is -0.230. The predicted molar refractivity (Wildman–Crippen MR) is 38.0 cm³/mol. The van der Waals surface area contributed by atoms with Gasteiger partial charge in [0.05, 0.1) is 0 Å². The van der Waals surface area contributed by atoms with Crippen molar-refractivity contribution in [2.75, 3.05) is 18.6 Å². The average molecular weight is 151 g/mol. The number of hydrogen-bond donors (Lipinski definition) is 1. The molecule has 0 aliphatic rings. The Morgan fingerprint density at radius 2 is 1.89 bits per heavy atom. The SMILES string of the molecule is CS(=O)(=O)CCCCN. The zero-order valence-electron chi connectivity index (χ0n) is 5.63. The summed E-state index contributed by atoms with van der Waals surface area (Å²) in [4.78, 5) is 0. The standard InChI is InChI=1S/C5H13NO2S/c1-9(7,8)5-3-2-4-6/h2-6H2,1H3. The molecular weight excluding hydrogens is 138 g/mol. The fourth-order valence-corrected chi connectivity index (χ4v) is 1.24. The van der Waals surface area contributed by atoms with Crippen molar-refractivity contribution < 1.29 is 8.42 Å². The molecule has 0 radical (unpaired) electrons. The van der Waals surface area contributed by atoms with Gasteiger partial charge in [-0.1, -0.05) is 0 Å². The van der Waals surface area contributed by atoms with E-state index in [0.29, 0.717) is 13.0 Å². The summed E-state index contributed by atoms with van der Waals surface area (Å²) >= 11 is 0. The summed E-state index contributed by atoms with van der Waals surface area (Å²) in [6.07, 6.45) is 2.73. The molecule has 0 aliphatic carbocycles. The molecule has 0 aromatic heterocycles. The lowest BCUT2D eigenvalue weighted by molar-refractivity contribution is 0.597. The van der Waals surface area contributed by atoms with Crippen LogP contribution in [0.5, 0.6) is 0 Å². The first-order chi connectivity index (χ1) is 4.06. The van der Waals surface area contributed by atoms with Crippen molar-refractivity contribution in [2.45, 2.75) is 12.8 Å².